The van der Waals surface area contributed by atoms with Crippen molar-refractivity contribution in [3.05, 3.63) is 40.3 Å². The zero-order valence-electron chi connectivity index (χ0n) is 16.4. The molecule has 1 atom stereocenters. The van der Waals surface area contributed by atoms with E-state index in [1.807, 2.05) is 0 Å². The molecule has 28 heavy (non-hydrogen) atoms. The Morgan fingerprint density at radius 1 is 1.29 bits per heavy atom. The van der Waals surface area contributed by atoms with Crippen LogP contribution in [0.4, 0.5) is 0 Å². The van der Waals surface area contributed by atoms with Crippen molar-refractivity contribution in [2.24, 2.45) is 5.11 Å². The average Bonchev–Trinajstić information content (AvgIpc) is 2.71. The van der Waals surface area contributed by atoms with Crippen LogP contribution >= 0.6 is 0 Å². The molecule has 0 aliphatic heterocycles. The molecule has 0 saturated carbocycles. The van der Waals surface area contributed by atoms with Gasteiger partial charge in [0.2, 0.25) is 0 Å². The second-order valence-corrected chi connectivity index (χ2v) is 5.92. The van der Waals surface area contributed by atoms with E-state index >= 15 is 0 Å². The van der Waals surface area contributed by atoms with Crippen LogP contribution in [-0.2, 0) is 14.3 Å². The Morgan fingerprint density at radius 3 is 2.82 bits per heavy atom. The summed E-state index contributed by atoms with van der Waals surface area (Å²) in [6.45, 7) is 4.83. The zero-order chi connectivity index (χ0) is 20.6. The molecule has 0 radical (unpaired) electrons. The number of rotatable bonds is 15. The van der Waals surface area contributed by atoms with Crippen LogP contribution in [0.2, 0.25) is 0 Å². The molecule has 0 heterocycles. The van der Waals surface area contributed by atoms with E-state index in [9.17, 15) is 9.59 Å². The highest BCUT2D eigenvalue weighted by Crippen LogP contribution is 2.14. The van der Waals surface area contributed by atoms with Gasteiger partial charge in [-0.1, -0.05) is 31.4 Å². The van der Waals surface area contributed by atoms with Gasteiger partial charge in [0.15, 0.2) is 12.0 Å². The number of benzene rings is 1. The van der Waals surface area contributed by atoms with Crippen molar-refractivity contribution in [2.45, 2.75) is 39.3 Å². The molecule has 1 amide bonds. The van der Waals surface area contributed by atoms with E-state index < -0.39 is 6.23 Å². The number of amides is 1. The van der Waals surface area contributed by atoms with Crippen LogP contribution < -0.4 is 10.1 Å². The normalized spacial score (nSPS) is 11.4. The predicted octanol–water partition coefficient (Wildman–Crippen LogP) is 3.24. The van der Waals surface area contributed by atoms with E-state index in [4.69, 9.17) is 19.7 Å². The van der Waals surface area contributed by atoms with Crippen LogP contribution in [0.3, 0.4) is 0 Å². The van der Waals surface area contributed by atoms with Crippen LogP contribution in [-0.4, -0.2) is 50.9 Å². The lowest BCUT2D eigenvalue weighted by Gasteiger charge is -2.14. The fraction of sp³-hybridized carbons (Fsp3) is 0.579. The monoisotopic (exact) mass is 392 g/mol. The minimum Gasteiger partial charge on any atom is -0.491 e. The Bertz CT molecular complexity index is 661. The summed E-state index contributed by atoms with van der Waals surface area (Å²) in [6.07, 6.45) is 1.50. The topological polar surface area (TPSA) is 123 Å². The molecule has 0 spiro atoms. The second kappa shape index (κ2) is 14.4. The number of Topliss-reactive ketones (excluding diaryl/α,β-unsaturated/α-hetero) is 1. The van der Waals surface area contributed by atoms with Gasteiger partial charge in [0.25, 0.3) is 5.91 Å². The molecule has 1 N–H and O–H groups in total. The first-order chi connectivity index (χ1) is 13.6. The number of azide groups is 1. The SMILES string of the molecule is CCCCNC(=O)c1cccc(OCC(N=[N+]=[N-])OCCOCC(=O)CC)c1. The summed E-state index contributed by atoms with van der Waals surface area (Å²) >= 11 is 0. The molecular formula is C19H28N4O5. The number of unbranched alkanes of at least 4 members (excludes halogenated alkanes) is 1. The summed E-state index contributed by atoms with van der Waals surface area (Å²) in [7, 11) is 0. The molecule has 9 heteroatoms. The first-order valence-electron chi connectivity index (χ1n) is 9.37. The maximum Gasteiger partial charge on any atom is 0.251 e. The number of ether oxygens (including phenoxy) is 3. The molecule has 1 aromatic rings. The molecule has 1 aromatic carbocycles. The maximum atomic E-state index is 12.1. The third-order valence-corrected chi connectivity index (χ3v) is 3.68. The number of nitrogens with zero attached hydrogens (tertiary/aromatic N) is 3. The Hall–Kier alpha value is -2.61. The van der Waals surface area contributed by atoms with Gasteiger partial charge in [-0.15, -0.1) is 0 Å². The summed E-state index contributed by atoms with van der Waals surface area (Å²) in [5, 5.41) is 6.37. The first-order valence-corrected chi connectivity index (χ1v) is 9.37. The molecule has 0 aromatic heterocycles. The third-order valence-electron chi connectivity index (χ3n) is 3.68. The zero-order valence-corrected chi connectivity index (χ0v) is 16.4. The molecule has 0 saturated heterocycles. The van der Waals surface area contributed by atoms with Crippen molar-refractivity contribution in [3.63, 3.8) is 0 Å². The van der Waals surface area contributed by atoms with Crippen LogP contribution in [0.15, 0.2) is 29.4 Å². The van der Waals surface area contributed by atoms with Crippen LogP contribution in [0.25, 0.3) is 10.4 Å². The lowest BCUT2D eigenvalue weighted by molar-refractivity contribution is -0.124. The summed E-state index contributed by atoms with van der Waals surface area (Å²) in [6, 6.07) is 6.74. The number of hydrogen-bond donors (Lipinski definition) is 1. The van der Waals surface area contributed by atoms with E-state index in [2.05, 4.69) is 22.3 Å². The molecular weight excluding hydrogens is 364 g/mol. The summed E-state index contributed by atoms with van der Waals surface area (Å²) in [5.74, 6) is 0.309. The standard InChI is InChI=1S/C19H28N4O5/c1-3-5-9-21-19(25)15-7-6-8-17(12-15)28-14-18(22-23-20)27-11-10-26-13-16(24)4-2/h6-8,12,18H,3-5,9-11,13-14H2,1-2H3,(H,21,25). The quantitative estimate of drug-likeness (QED) is 0.212. The van der Waals surface area contributed by atoms with Gasteiger partial charge in [-0.25, -0.2) is 0 Å². The van der Waals surface area contributed by atoms with E-state index in [-0.39, 0.29) is 38.1 Å². The first kappa shape index (κ1) is 23.4. The highest BCUT2D eigenvalue weighted by molar-refractivity contribution is 5.94. The number of nitrogens with one attached hydrogen (secondary N) is 1. The van der Waals surface area contributed by atoms with Crippen LogP contribution in [0.1, 0.15) is 43.5 Å². The van der Waals surface area contributed by atoms with Gasteiger partial charge in [0.05, 0.1) is 13.2 Å². The fourth-order valence-electron chi connectivity index (χ4n) is 2.08. The van der Waals surface area contributed by atoms with E-state index in [1.165, 1.54) is 0 Å². The molecule has 9 nitrogen and oxygen atoms in total. The van der Waals surface area contributed by atoms with Crippen molar-refractivity contribution in [1.82, 2.24) is 5.32 Å². The van der Waals surface area contributed by atoms with Crippen LogP contribution in [0, 0.1) is 0 Å². The third kappa shape index (κ3) is 9.91. The fourth-order valence-corrected chi connectivity index (χ4v) is 2.08. The van der Waals surface area contributed by atoms with Crippen molar-refractivity contribution < 1.29 is 23.8 Å². The van der Waals surface area contributed by atoms with Gasteiger partial charge in [-0.05, 0) is 30.2 Å². The lowest BCUT2D eigenvalue weighted by atomic mass is 10.2. The van der Waals surface area contributed by atoms with Gasteiger partial charge < -0.3 is 19.5 Å². The molecule has 0 aliphatic carbocycles. The predicted molar refractivity (Wildman–Crippen MR) is 104 cm³/mol. The summed E-state index contributed by atoms with van der Waals surface area (Å²) < 4.78 is 16.2. The van der Waals surface area contributed by atoms with E-state index in [0.29, 0.717) is 24.3 Å². The van der Waals surface area contributed by atoms with Gasteiger partial charge in [0, 0.05) is 23.4 Å². The second-order valence-electron chi connectivity index (χ2n) is 5.92. The highest BCUT2D eigenvalue weighted by Gasteiger charge is 2.10. The van der Waals surface area contributed by atoms with Gasteiger partial charge in [-0.2, -0.15) is 0 Å². The molecule has 1 unspecified atom stereocenters. The lowest BCUT2D eigenvalue weighted by Crippen LogP contribution is -2.24. The minimum atomic E-state index is -0.850. The van der Waals surface area contributed by atoms with E-state index in [1.54, 1.807) is 31.2 Å². The molecule has 0 fully saturated rings. The largest absolute Gasteiger partial charge is 0.491 e. The summed E-state index contributed by atoms with van der Waals surface area (Å²) in [4.78, 5) is 26.0. The highest BCUT2D eigenvalue weighted by atomic mass is 16.6. The number of carbonyl (C=O) groups excluding carboxylic acids is 2. The van der Waals surface area contributed by atoms with Gasteiger partial charge >= 0.3 is 0 Å². The van der Waals surface area contributed by atoms with Crippen LogP contribution in [0.5, 0.6) is 5.75 Å². The van der Waals surface area contributed by atoms with Crippen molar-refractivity contribution in [3.8, 4) is 5.75 Å². The van der Waals surface area contributed by atoms with Crippen molar-refractivity contribution >= 4 is 11.7 Å². The van der Waals surface area contributed by atoms with Crippen molar-refractivity contribution in [1.29, 1.82) is 0 Å². The van der Waals surface area contributed by atoms with Gasteiger partial charge in [-0.3, -0.25) is 9.59 Å². The number of carbonyl (C=O) groups is 2. The molecule has 0 bridgehead atoms. The van der Waals surface area contributed by atoms with E-state index in [0.717, 1.165) is 12.8 Å². The smallest absolute Gasteiger partial charge is 0.251 e. The Morgan fingerprint density at radius 2 is 2.11 bits per heavy atom. The average molecular weight is 392 g/mol. The number of ketones is 1. The Labute approximate surface area is 165 Å². The number of hydrogen-bond acceptors (Lipinski definition) is 6. The Kier molecular flexibility index (Phi) is 12.1. The molecule has 0 aliphatic rings. The molecule has 154 valence electrons. The maximum absolute atomic E-state index is 12.1. The van der Waals surface area contributed by atoms with Crippen molar-refractivity contribution in [2.75, 3.05) is 33.0 Å². The molecule has 1 rings (SSSR count). The van der Waals surface area contributed by atoms with Gasteiger partial charge in [0.1, 0.15) is 19.0 Å². The minimum absolute atomic E-state index is 0.00791. The Balaban J connectivity index is 2.45. The summed E-state index contributed by atoms with van der Waals surface area (Å²) in [5.41, 5.74) is 9.14.